The predicted molar refractivity (Wildman–Crippen MR) is 83.5 cm³/mol. The lowest BCUT2D eigenvalue weighted by Crippen LogP contribution is -2.42. The van der Waals surface area contributed by atoms with Crippen LogP contribution >= 0.6 is 15.9 Å². The molecule has 0 aliphatic rings. The van der Waals surface area contributed by atoms with Crippen molar-refractivity contribution in [2.45, 2.75) is 26.3 Å². The first kappa shape index (κ1) is 16.9. The second-order valence-corrected chi connectivity index (χ2v) is 5.92. The molecular weight excluding hydrogens is 370 g/mol. The number of aryl methyl sites for hydroxylation is 2. The first-order valence-corrected chi connectivity index (χ1v) is 7.40. The van der Waals surface area contributed by atoms with E-state index in [2.05, 4.69) is 26.2 Å². The Hall–Kier alpha value is -2.42. The van der Waals surface area contributed by atoms with Gasteiger partial charge in [-0.3, -0.25) is 14.0 Å². The van der Waals surface area contributed by atoms with Crippen molar-refractivity contribution in [1.29, 1.82) is 0 Å². The molecule has 0 bridgehead atoms. The van der Waals surface area contributed by atoms with Crippen molar-refractivity contribution >= 4 is 39.4 Å². The van der Waals surface area contributed by atoms with Gasteiger partial charge in [-0.25, -0.2) is 9.78 Å². The van der Waals surface area contributed by atoms with Crippen LogP contribution in [0.2, 0.25) is 0 Å². The number of nitrogens with zero attached hydrogens (tertiary/aromatic N) is 2. The van der Waals surface area contributed by atoms with Crippen LogP contribution in [0.25, 0.3) is 5.65 Å². The molecular formula is C14H14BrN3O5. The van der Waals surface area contributed by atoms with Gasteiger partial charge in [0.15, 0.2) is 5.65 Å². The number of carboxylic acid groups (broad SMARTS) is 2. The van der Waals surface area contributed by atoms with Crippen LogP contribution in [0.5, 0.6) is 0 Å². The summed E-state index contributed by atoms with van der Waals surface area (Å²) < 4.78 is 2.24. The minimum Gasteiger partial charge on any atom is -0.481 e. The summed E-state index contributed by atoms with van der Waals surface area (Å²) in [6.07, 6.45) is 0.988. The lowest BCUT2D eigenvalue weighted by Gasteiger charge is -2.12. The highest BCUT2D eigenvalue weighted by Crippen LogP contribution is 2.22. The lowest BCUT2D eigenvalue weighted by atomic mass is 10.2. The topological polar surface area (TPSA) is 121 Å². The Bertz CT molecular complexity index is 814. The summed E-state index contributed by atoms with van der Waals surface area (Å²) >= 11 is 3.36. The Morgan fingerprint density at radius 2 is 2.00 bits per heavy atom. The number of fused-ring (bicyclic) bond motifs is 1. The Balaban J connectivity index is 2.43. The van der Waals surface area contributed by atoms with E-state index in [0.717, 1.165) is 5.56 Å². The van der Waals surface area contributed by atoms with Crippen LogP contribution in [0.1, 0.15) is 28.2 Å². The molecule has 0 aromatic carbocycles. The van der Waals surface area contributed by atoms with Crippen LogP contribution in [-0.2, 0) is 9.59 Å². The quantitative estimate of drug-likeness (QED) is 0.716. The third-order valence-corrected chi connectivity index (χ3v) is 3.77. The number of carbonyl (C=O) groups is 3. The summed E-state index contributed by atoms with van der Waals surface area (Å²) in [4.78, 5) is 38.5. The van der Waals surface area contributed by atoms with E-state index in [-0.39, 0.29) is 5.69 Å². The van der Waals surface area contributed by atoms with Gasteiger partial charge in [0.1, 0.15) is 11.7 Å². The molecule has 122 valence electrons. The first-order chi connectivity index (χ1) is 10.7. The molecule has 1 amide bonds. The largest absolute Gasteiger partial charge is 0.481 e. The second-order valence-electron chi connectivity index (χ2n) is 5.07. The molecule has 2 heterocycles. The number of aromatic nitrogens is 2. The molecule has 8 nitrogen and oxygen atoms in total. The van der Waals surface area contributed by atoms with E-state index in [1.807, 2.05) is 13.0 Å². The molecule has 0 aliphatic heterocycles. The standard InChI is InChI=1S/C14H14BrN3O5/c1-6-3-8(15)12-16-7(2)11(18(12)5-6)13(21)17-9(14(22)23)4-10(19)20/h3,5,9H,4H2,1-2H3,(H,17,21)(H,19,20)(H,22,23). The molecule has 2 aromatic heterocycles. The molecule has 1 unspecified atom stereocenters. The van der Waals surface area contributed by atoms with Crippen molar-refractivity contribution in [3.63, 3.8) is 0 Å². The highest BCUT2D eigenvalue weighted by molar-refractivity contribution is 9.10. The van der Waals surface area contributed by atoms with Crippen LogP contribution in [0.4, 0.5) is 0 Å². The number of rotatable bonds is 5. The number of halogens is 1. The molecule has 0 saturated heterocycles. The number of amides is 1. The van der Waals surface area contributed by atoms with E-state index in [1.165, 1.54) is 0 Å². The van der Waals surface area contributed by atoms with Crippen LogP contribution in [-0.4, -0.2) is 43.5 Å². The highest BCUT2D eigenvalue weighted by atomic mass is 79.9. The maximum Gasteiger partial charge on any atom is 0.326 e. The third kappa shape index (κ3) is 3.50. The Morgan fingerprint density at radius 3 is 2.57 bits per heavy atom. The minimum atomic E-state index is -1.52. The van der Waals surface area contributed by atoms with E-state index in [1.54, 1.807) is 17.5 Å². The van der Waals surface area contributed by atoms with Crippen molar-refractivity contribution in [2.24, 2.45) is 0 Å². The normalized spacial score (nSPS) is 12.1. The van der Waals surface area contributed by atoms with Crippen molar-refractivity contribution in [3.05, 3.63) is 33.7 Å². The SMILES string of the molecule is Cc1cc(Br)c2nc(C)c(C(=O)NC(CC(=O)O)C(=O)O)n2c1. The summed E-state index contributed by atoms with van der Waals surface area (Å²) in [5, 5.41) is 20.0. The number of nitrogens with one attached hydrogen (secondary N) is 1. The first-order valence-electron chi connectivity index (χ1n) is 6.61. The average molecular weight is 384 g/mol. The predicted octanol–water partition coefficient (Wildman–Crippen LogP) is 1.37. The fourth-order valence-corrected chi connectivity index (χ4v) is 2.86. The molecule has 0 aliphatic carbocycles. The molecule has 0 radical (unpaired) electrons. The van der Waals surface area contributed by atoms with Gasteiger partial charge in [0.05, 0.1) is 16.6 Å². The number of hydrogen-bond donors (Lipinski definition) is 3. The van der Waals surface area contributed by atoms with E-state index in [0.29, 0.717) is 15.8 Å². The maximum absolute atomic E-state index is 12.4. The van der Waals surface area contributed by atoms with Crippen molar-refractivity contribution in [1.82, 2.24) is 14.7 Å². The zero-order chi connectivity index (χ0) is 17.3. The van der Waals surface area contributed by atoms with E-state index >= 15 is 0 Å². The van der Waals surface area contributed by atoms with Gasteiger partial charge in [-0.15, -0.1) is 0 Å². The van der Waals surface area contributed by atoms with Gasteiger partial charge in [-0.05, 0) is 41.4 Å². The zero-order valence-corrected chi connectivity index (χ0v) is 13.9. The molecule has 9 heteroatoms. The van der Waals surface area contributed by atoms with E-state index in [4.69, 9.17) is 10.2 Å². The Kier molecular flexibility index (Phi) is 4.69. The molecule has 0 saturated carbocycles. The number of pyridine rings is 1. The van der Waals surface area contributed by atoms with Gasteiger partial charge in [-0.2, -0.15) is 0 Å². The smallest absolute Gasteiger partial charge is 0.326 e. The van der Waals surface area contributed by atoms with Crippen molar-refractivity contribution in [2.75, 3.05) is 0 Å². The zero-order valence-electron chi connectivity index (χ0n) is 12.3. The number of carboxylic acids is 2. The summed E-state index contributed by atoms with van der Waals surface area (Å²) in [5.74, 6) is -3.42. The molecule has 3 N–H and O–H groups in total. The van der Waals surface area contributed by atoms with Crippen molar-refractivity contribution < 1.29 is 24.6 Å². The fourth-order valence-electron chi connectivity index (χ4n) is 2.22. The van der Waals surface area contributed by atoms with Gasteiger partial charge in [0.25, 0.3) is 5.91 Å². The lowest BCUT2D eigenvalue weighted by molar-refractivity contribution is -0.145. The molecule has 0 fully saturated rings. The van der Waals surface area contributed by atoms with Crippen LogP contribution in [0, 0.1) is 13.8 Å². The molecule has 1 atom stereocenters. The average Bonchev–Trinajstić information content (AvgIpc) is 2.73. The summed E-state index contributed by atoms with van der Waals surface area (Å²) in [5.41, 5.74) is 1.97. The maximum atomic E-state index is 12.4. The van der Waals surface area contributed by atoms with Gasteiger partial charge >= 0.3 is 11.9 Å². The number of carbonyl (C=O) groups excluding carboxylic acids is 1. The second kappa shape index (κ2) is 6.37. The van der Waals surface area contributed by atoms with E-state index < -0.39 is 30.3 Å². The van der Waals surface area contributed by atoms with Gasteiger partial charge in [-0.1, -0.05) is 0 Å². The number of aliphatic carboxylic acids is 2. The fraction of sp³-hybridized carbons (Fsp3) is 0.286. The van der Waals surface area contributed by atoms with Crippen LogP contribution in [0.15, 0.2) is 16.7 Å². The van der Waals surface area contributed by atoms with Crippen LogP contribution < -0.4 is 5.32 Å². The molecule has 23 heavy (non-hydrogen) atoms. The summed E-state index contributed by atoms with van der Waals surface area (Å²) in [6.45, 7) is 3.46. The third-order valence-electron chi connectivity index (χ3n) is 3.18. The van der Waals surface area contributed by atoms with Gasteiger partial charge < -0.3 is 15.5 Å². The van der Waals surface area contributed by atoms with E-state index in [9.17, 15) is 14.4 Å². The Morgan fingerprint density at radius 1 is 1.35 bits per heavy atom. The van der Waals surface area contributed by atoms with Crippen LogP contribution in [0.3, 0.4) is 0 Å². The molecule has 2 rings (SSSR count). The minimum absolute atomic E-state index is 0.168. The number of imidazole rings is 1. The molecule has 0 spiro atoms. The molecule has 2 aromatic rings. The Labute approximate surface area is 139 Å². The highest BCUT2D eigenvalue weighted by Gasteiger charge is 2.26. The number of hydrogen-bond acceptors (Lipinski definition) is 4. The summed E-state index contributed by atoms with van der Waals surface area (Å²) in [7, 11) is 0. The summed E-state index contributed by atoms with van der Waals surface area (Å²) in [6, 6.07) is 0.326. The monoisotopic (exact) mass is 383 g/mol. The van der Waals surface area contributed by atoms with Gasteiger partial charge in [0.2, 0.25) is 0 Å². The van der Waals surface area contributed by atoms with Crippen molar-refractivity contribution in [3.8, 4) is 0 Å². The van der Waals surface area contributed by atoms with Gasteiger partial charge in [0, 0.05) is 6.20 Å².